The third-order valence-electron chi connectivity index (χ3n) is 0. The van der Waals surface area contributed by atoms with Crippen LogP contribution in [0, 0.1) is 0 Å². The van der Waals surface area contributed by atoms with Crippen LogP contribution in [-0.4, -0.2) is 112 Å². The minimum absolute atomic E-state index is 0. The molecule has 20 heavy (non-hydrogen) atoms. The third kappa shape index (κ3) is 1120. The minimum Gasteiger partial charge on any atom is -0.894 e. The van der Waals surface area contributed by atoms with Crippen molar-refractivity contribution in [3.63, 3.8) is 0 Å². The summed E-state index contributed by atoms with van der Waals surface area (Å²) in [7, 11) is -16.8. The molecule has 0 saturated heterocycles. The summed E-state index contributed by atoms with van der Waals surface area (Å²) in [4.78, 5) is 103. The number of hydrogen-bond acceptors (Lipinski definition) is 12. The summed E-state index contributed by atoms with van der Waals surface area (Å²) in [6, 6.07) is 0. The molecule has 0 bridgehead atoms. The monoisotopic (exact) mass is 570 g/mol. The van der Waals surface area contributed by atoms with Gasteiger partial charge in [-0.05, 0) is 0 Å². The fourth-order valence-electron chi connectivity index (χ4n) is 0. The van der Waals surface area contributed by atoms with Crippen molar-refractivity contribution in [2.75, 3.05) is 0 Å². The summed E-state index contributed by atoms with van der Waals surface area (Å²) in [5, 5.41) is 0. The first-order chi connectivity index (χ1) is 6.00. The van der Waals surface area contributed by atoms with Crippen LogP contribution in [0.15, 0.2) is 0 Å². The van der Waals surface area contributed by atoms with Crippen LogP contribution >= 0.6 is 0 Å². The Morgan fingerprint density at radius 1 is 0.300 bits per heavy atom. The molecule has 0 aromatic carbocycles. The van der Waals surface area contributed by atoms with Crippen molar-refractivity contribution in [2.45, 2.75) is 0 Å². The van der Waals surface area contributed by atoms with E-state index in [0.29, 0.717) is 0 Å². The Morgan fingerprint density at radius 2 is 0.300 bits per heavy atom. The van der Waals surface area contributed by atoms with Crippen molar-refractivity contribution in [3.05, 3.63) is 0 Å². The van der Waals surface area contributed by atoms with Crippen molar-refractivity contribution in [2.24, 2.45) is 0 Å². The van der Waals surface area contributed by atoms with E-state index in [0.717, 1.165) is 0 Å². The van der Waals surface area contributed by atoms with Crippen molar-refractivity contribution < 1.29 is 63.0 Å². The van der Waals surface area contributed by atoms with Gasteiger partial charge in [-0.2, -0.15) is 0 Å². The van der Waals surface area contributed by atoms with Gasteiger partial charge >= 0.3 is 79.2 Å². The van der Waals surface area contributed by atoms with E-state index in [2.05, 4.69) is 0 Å². The van der Waals surface area contributed by atoms with E-state index in [1.807, 2.05) is 0 Å². The van der Waals surface area contributed by atoms with E-state index in [1.54, 1.807) is 0 Å². The predicted octanol–water partition coefficient (Wildman–Crippen LogP) is -17.8. The zero-order valence-corrected chi connectivity index (χ0v) is 21.9. The smallest absolute Gasteiger partial charge is 0.894 e. The molecule has 20 heteroatoms. The molecule has 0 rings (SSSR count). The van der Waals surface area contributed by atoms with E-state index in [9.17, 15) is 0 Å². The Kier molecular flexibility index (Phi) is 53.6. The van der Waals surface area contributed by atoms with Crippen molar-refractivity contribution in [1.82, 2.24) is 0 Å². The Hall–Kier alpha value is 2.68. The predicted molar refractivity (Wildman–Crippen MR) is 43.9 cm³/mol. The largest absolute Gasteiger partial charge is 3.00 e. The van der Waals surface area contributed by atoms with Gasteiger partial charge in [0.15, 0.2) is 0 Å². The summed E-state index contributed by atoms with van der Waals surface area (Å²) >= 11 is 0. The molecule has 0 spiro atoms. The summed E-state index contributed by atoms with van der Waals surface area (Å²) in [5.41, 5.74) is 0. The SMILES string of the molecule is O.[Ga+3].[Ga+3].[Ga+3].[Ga+3].[O-][Si]([O-])([O-])[O-].[O-][Si]([O-])([O-])[O-].[O-][Si]([O-])([O-])[O-]. The molecule has 0 unspecified atom stereocenters. The quantitative estimate of drug-likeness (QED) is 0.244. The molecule has 0 saturated carbocycles. The van der Waals surface area contributed by atoms with Crippen LogP contribution in [0.3, 0.4) is 0 Å². The van der Waals surface area contributed by atoms with E-state index >= 15 is 0 Å². The zero-order chi connectivity index (χ0) is 13.5. The standard InChI is InChI=1S/4Ga.3O4Si.H2O/c;;;;3*1-5(2,3)4;/h;;;;;;;1H2/q4*+3;3*-4;. The van der Waals surface area contributed by atoms with Gasteiger partial charge in [0.2, 0.25) is 0 Å². The van der Waals surface area contributed by atoms with Gasteiger partial charge < -0.3 is 90.2 Å². The molecule has 0 aromatic rings. The van der Waals surface area contributed by atoms with Gasteiger partial charge in [-0.25, -0.2) is 0 Å². The van der Waals surface area contributed by atoms with Crippen LogP contribution in [0.5, 0.6) is 0 Å². The van der Waals surface area contributed by atoms with E-state index in [4.69, 9.17) is 57.5 Å². The zero-order valence-electron chi connectivity index (χ0n) is 9.21. The molecule has 0 fully saturated rings. The van der Waals surface area contributed by atoms with Crippen LogP contribution in [0.4, 0.5) is 0 Å². The van der Waals surface area contributed by atoms with Crippen molar-refractivity contribution >= 4 is 106 Å². The fourth-order valence-corrected chi connectivity index (χ4v) is 0. The van der Waals surface area contributed by atoms with Crippen molar-refractivity contribution in [3.8, 4) is 0 Å². The summed E-state index contributed by atoms with van der Waals surface area (Å²) in [6.07, 6.45) is 0. The molecule has 13 nitrogen and oxygen atoms in total. The first kappa shape index (κ1) is 49.5. The topological polar surface area (TPSA) is 308 Å². The normalized spacial score (nSPS) is 9.00. The van der Waals surface area contributed by atoms with Gasteiger partial charge in [-0.1, -0.05) is 0 Å². The fraction of sp³-hybridized carbons (Fsp3) is 0. The Labute approximate surface area is 168 Å². The first-order valence-electron chi connectivity index (χ1n) is 2.45. The molecular weight excluding hydrogens is 571 g/mol. The molecule has 0 radical (unpaired) electrons. The van der Waals surface area contributed by atoms with Gasteiger partial charge in [0.25, 0.3) is 0 Å². The second-order valence-electron chi connectivity index (χ2n) is 1.50. The Morgan fingerprint density at radius 3 is 0.300 bits per heavy atom. The van der Waals surface area contributed by atoms with Crippen LogP contribution < -0.4 is 57.5 Å². The average Bonchev–Trinajstić information content (AvgIpc) is 1.41. The van der Waals surface area contributed by atoms with Gasteiger partial charge in [-0.15, -0.1) is 0 Å². The molecule has 2 N–H and O–H groups in total. The molecule has 0 heterocycles. The average molecular weight is 573 g/mol. The van der Waals surface area contributed by atoms with Crippen LogP contribution in [-0.2, 0) is 0 Å². The van der Waals surface area contributed by atoms with Gasteiger partial charge in [-0.3, -0.25) is 0 Å². The van der Waals surface area contributed by atoms with E-state index in [1.165, 1.54) is 0 Å². The minimum atomic E-state index is -5.61. The summed E-state index contributed by atoms with van der Waals surface area (Å²) in [6.45, 7) is 0. The summed E-state index contributed by atoms with van der Waals surface area (Å²) in [5.74, 6) is 0. The number of hydrogen-bond donors (Lipinski definition) is 0. The molecular formula is H2Ga4O13Si3. The molecule has 0 aliphatic heterocycles. The number of rotatable bonds is 0. The maximum absolute atomic E-state index is 8.58. The van der Waals surface area contributed by atoms with E-state index in [-0.39, 0.29) is 84.6 Å². The van der Waals surface area contributed by atoms with Crippen LogP contribution in [0.1, 0.15) is 0 Å². The second-order valence-corrected chi connectivity index (χ2v) is 4.50. The molecule has 0 aliphatic carbocycles. The van der Waals surface area contributed by atoms with Crippen LogP contribution in [0.25, 0.3) is 0 Å². The second kappa shape index (κ2) is 21.7. The van der Waals surface area contributed by atoms with Crippen molar-refractivity contribution in [1.29, 1.82) is 0 Å². The molecule has 0 aliphatic rings. The molecule has 0 amide bonds. The maximum Gasteiger partial charge on any atom is 3.00 e. The van der Waals surface area contributed by atoms with Gasteiger partial charge in [0.05, 0.1) is 0 Å². The van der Waals surface area contributed by atoms with Gasteiger partial charge in [0.1, 0.15) is 0 Å². The third-order valence-corrected chi connectivity index (χ3v) is 0. The molecule has 0 aromatic heterocycles. The Balaban J connectivity index is -0.0000000160. The Bertz CT molecular complexity index is 101. The van der Waals surface area contributed by atoms with E-state index < -0.39 is 27.1 Å². The van der Waals surface area contributed by atoms with Gasteiger partial charge in [0, 0.05) is 0 Å². The van der Waals surface area contributed by atoms with Crippen LogP contribution in [0.2, 0.25) is 0 Å². The summed E-state index contributed by atoms with van der Waals surface area (Å²) < 4.78 is 0. The molecule has 0 atom stereocenters. The maximum atomic E-state index is 8.58. The first-order valence-corrected chi connectivity index (χ1v) is 7.35. The molecule has 104 valence electrons.